The minimum atomic E-state index is -0.592. The van der Waals surface area contributed by atoms with Gasteiger partial charge in [0.1, 0.15) is 6.04 Å². The topological polar surface area (TPSA) is 49.4 Å². The molecule has 4 nitrogen and oxygen atoms in total. The van der Waals surface area contributed by atoms with E-state index in [-0.39, 0.29) is 17.9 Å². The van der Waals surface area contributed by atoms with Gasteiger partial charge in [-0.2, -0.15) is 0 Å². The maximum atomic E-state index is 13.7. The molecule has 3 aromatic carbocycles. The molecule has 3 rings (SSSR count). The summed E-state index contributed by atoms with van der Waals surface area (Å²) in [5.74, 6) is 0.689. The molecular weight excluding hydrogens is 488 g/mol. The third-order valence-electron chi connectivity index (χ3n) is 5.92. The van der Waals surface area contributed by atoms with Crippen LogP contribution in [0.4, 0.5) is 0 Å². The predicted molar refractivity (Wildman–Crippen MR) is 150 cm³/mol. The van der Waals surface area contributed by atoms with Crippen molar-refractivity contribution in [3.05, 3.63) is 101 Å². The Kier molecular flexibility index (Phi) is 10.9. The summed E-state index contributed by atoms with van der Waals surface area (Å²) in [6.45, 7) is 6.33. The van der Waals surface area contributed by atoms with Crippen LogP contribution >= 0.6 is 23.4 Å². The molecule has 0 fully saturated rings. The average Bonchev–Trinajstić information content (AvgIpc) is 2.86. The number of benzene rings is 3. The summed E-state index contributed by atoms with van der Waals surface area (Å²) in [6.07, 6.45) is 1.57. The number of rotatable bonds is 12. The zero-order valence-corrected chi connectivity index (χ0v) is 22.8. The first-order valence-electron chi connectivity index (χ1n) is 12.4. The molecule has 0 radical (unpaired) electrons. The van der Waals surface area contributed by atoms with E-state index in [1.54, 1.807) is 16.7 Å². The fourth-order valence-electron chi connectivity index (χ4n) is 3.99. The summed E-state index contributed by atoms with van der Waals surface area (Å²) >= 11 is 7.69. The van der Waals surface area contributed by atoms with E-state index in [1.807, 2.05) is 99.6 Å². The van der Waals surface area contributed by atoms with E-state index >= 15 is 0 Å². The van der Waals surface area contributed by atoms with E-state index in [0.717, 1.165) is 33.8 Å². The molecule has 0 saturated carbocycles. The number of aryl methyl sites for hydroxylation is 1. The monoisotopic (exact) mass is 522 g/mol. The number of nitrogens with one attached hydrogen (secondary N) is 1. The quantitative estimate of drug-likeness (QED) is 0.213. The highest BCUT2D eigenvalue weighted by Crippen LogP contribution is 2.23. The van der Waals surface area contributed by atoms with Gasteiger partial charge in [0.2, 0.25) is 11.8 Å². The van der Waals surface area contributed by atoms with Crippen LogP contribution in [0.1, 0.15) is 43.4 Å². The first-order valence-corrected chi connectivity index (χ1v) is 13.8. The highest BCUT2D eigenvalue weighted by atomic mass is 35.5. The van der Waals surface area contributed by atoms with Crippen molar-refractivity contribution in [1.82, 2.24) is 10.2 Å². The van der Waals surface area contributed by atoms with Crippen molar-refractivity contribution < 1.29 is 9.59 Å². The summed E-state index contributed by atoms with van der Waals surface area (Å²) in [6, 6.07) is 25.1. The standard InChI is InChI=1S/C30H35ClN2O2S/c1-22(2)32-30(35)28(20-24-11-5-4-6-12-24)33(21-25-13-8-7-10-23(25)3)29(34)14-9-19-36-27-17-15-26(31)16-18-27/h4-8,10-13,15-18,22,28H,9,14,19-21H2,1-3H3,(H,32,35). The summed E-state index contributed by atoms with van der Waals surface area (Å²) in [7, 11) is 0. The van der Waals surface area contributed by atoms with Gasteiger partial charge in [-0.3, -0.25) is 9.59 Å². The molecular formula is C30H35ClN2O2S. The third-order valence-corrected chi connectivity index (χ3v) is 7.27. The molecule has 3 aromatic rings. The van der Waals surface area contributed by atoms with Crippen LogP contribution < -0.4 is 5.32 Å². The number of amides is 2. The number of carbonyl (C=O) groups is 2. The predicted octanol–water partition coefficient (Wildman–Crippen LogP) is 6.69. The van der Waals surface area contributed by atoms with Crippen molar-refractivity contribution in [3.8, 4) is 0 Å². The molecule has 0 aromatic heterocycles. The Morgan fingerprint density at radius 3 is 2.28 bits per heavy atom. The molecule has 190 valence electrons. The van der Waals surface area contributed by atoms with Gasteiger partial charge in [0.15, 0.2) is 0 Å². The molecule has 0 heterocycles. The van der Waals surface area contributed by atoms with Crippen molar-refractivity contribution in [2.45, 2.75) is 63.6 Å². The van der Waals surface area contributed by atoms with Crippen molar-refractivity contribution in [1.29, 1.82) is 0 Å². The Morgan fingerprint density at radius 1 is 0.944 bits per heavy atom. The van der Waals surface area contributed by atoms with Crippen LogP contribution in [-0.2, 0) is 22.6 Å². The van der Waals surface area contributed by atoms with Gasteiger partial charge in [-0.05, 0) is 73.9 Å². The second kappa shape index (κ2) is 14.1. The second-order valence-electron chi connectivity index (χ2n) is 9.22. The molecule has 0 spiro atoms. The molecule has 0 aliphatic carbocycles. The normalized spacial score (nSPS) is 11.8. The Bertz CT molecular complexity index is 1120. The van der Waals surface area contributed by atoms with Crippen LogP contribution in [0.5, 0.6) is 0 Å². The van der Waals surface area contributed by atoms with E-state index in [4.69, 9.17) is 11.6 Å². The number of nitrogens with zero attached hydrogens (tertiary/aromatic N) is 1. The fraction of sp³-hybridized carbons (Fsp3) is 0.333. The maximum absolute atomic E-state index is 13.7. The highest BCUT2D eigenvalue weighted by Gasteiger charge is 2.30. The Hall–Kier alpha value is -2.76. The summed E-state index contributed by atoms with van der Waals surface area (Å²) in [5, 5.41) is 3.76. The third kappa shape index (κ3) is 8.72. The maximum Gasteiger partial charge on any atom is 0.243 e. The second-order valence-corrected chi connectivity index (χ2v) is 10.8. The van der Waals surface area contributed by atoms with Crippen molar-refractivity contribution in [2.24, 2.45) is 0 Å². The van der Waals surface area contributed by atoms with E-state index in [9.17, 15) is 9.59 Å². The number of thioether (sulfide) groups is 1. The minimum Gasteiger partial charge on any atom is -0.352 e. The van der Waals surface area contributed by atoms with Gasteiger partial charge in [0.25, 0.3) is 0 Å². The molecule has 1 unspecified atom stereocenters. The summed E-state index contributed by atoms with van der Waals surface area (Å²) < 4.78 is 0. The number of carbonyl (C=O) groups excluding carboxylic acids is 2. The van der Waals surface area contributed by atoms with Gasteiger partial charge in [0, 0.05) is 35.3 Å². The lowest BCUT2D eigenvalue weighted by Crippen LogP contribution is -2.51. The van der Waals surface area contributed by atoms with Crippen LogP contribution in [-0.4, -0.2) is 34.6 Å². The molecule has 1 atom stereocenters. The first kappa shape index (κ1) is 27.8. The van der Waals surface area contributed by atoms with Gasteiger partial charge in [-0.1, -0.05) is 66.2 Å². The zero-order valence-electron chi connectivity index (χ0n) is 21.2. The first-order chi connectivity index (χ1) is 17.3. The summed E-state index contributed by atoms with van der Waals surface area (Å²) in [5.41, 5.74) is 3.19. The van der Waals surface area contributed by atoms with Gasteiger partial charge in [-0.15, -0.1) is 11.8 Å². The number of hydrogen-bond acceptors (Lipinski definition) is 3. The van der Waals surface area contributed by atoms with Gasteiger partial charge >= 0.3 is 0 Å². The van der Waals surface area contributed by atoms with Gasteiger partial charge in [-0.25, -0.2) is 0 Å². The smallest absolute Gasteiger partial charge is 0.243 e. The SMILES string of the molecule is Cc1ccccc1CN(C(=O)CCCSc1ccc(Cl)cc1)C(Cc1ccccc1)C(=O)NC(C)C. The Morgan fingerprint density at radius 2 is 1.61 bits per heavy atom. The molecule has 6 heteroatoms. The van der Waals surface area contributed by atoms with Gasteiger partial charge in [0.05, 0.1) is 0 Å². The van der Waals surface area contributed by atoms with Crippen LogP contribution in [0, 0.1) is 6.92 Å². The van der Waals surface area contributed by atoms with Gasteiger partial charge < -0.3 is 10.2 Å². The fourth-order valence-corrected chi connectivity index (χ4v) is 4.97. The number of hydrogen-bond donors (Lipinski definition) is 1. The highest BCUT2D eigenvalue weighted by molar-refractivity contribution is 7.99. The van der Waals surface area contributed by atoms with E-state index < -0.39 is 6.04 Å². The van der Waals surface area contributed by atoms with Crippen LogP contribution in [0.25, 0.3) is 0 Å². The molecule has 0 saturated heterocycles. The van der Waals surface area contributed by atoms with E-state index in [1.165, 1.54) is 0 Å². The molecule has 0 aliphatic heterocycles. The molecule has 0 bridgehead atoms. The molecule has 0 aliphatic rings. The van der Waals surface area contributed by atoms with Crippen LogP contribution in [0.15, 0.2) is 83.8 Å². The Labute approximate surface area is 224 Å². The van der Waals surface area contributed by atoms with Crippen LogP contribution in [0.2, 0.25) is 5.02 Å². The lowest BCUT2D eigenvalue weighted by molar-refractivity contribution is -0.141. The molecule has 36 heavy (non-hydrogen) atoms. The molecule has 1 N–H and O–H groups in total. The van der Waals surface area contributed by atoms with Crippen molar-refractivity contribution >= 4 is 35.2 Å². The van der Waals surface area contributed by atoms with Crippen molar-refractivity contribution in [2.75, 3.05) is 5.75 Å². The van der Waals surface area contributed by atoms with E-state index in [0.29, 0.717) is 24.4 Å². The zero-order chi connectivity index (χ0) is 25.9. The Balaban J connectivity index is 1.79. The lowest BCUT2D eigenvalue weighted by atomic mass is 10.0. The minimum absolute atomic E-state index is 0.00482. The average molecular weight is 523 g/mol. The van der Waals surface area contributed by atoms with Crippen LogP contribution in [0.3, 0.4) is 0 Å². The molecule has 2 amide bonds. The van der Waals surface area contributed by atoms with Crippen molar-refractivity contribution in [3.63, 3.8) is 0 Å². The number of halogens is 1. The summed E-state index contributed by atoms with van der Waals surface area (Å²) in [4.78, 5) is 30.0. The van der Waals surface area contributed by atoms with E-state index in [2.05, 4.69) is 5.32 Å². The largest absolute Gasteiger partial charge is 0.352 e. The lowest BCUT2D eigenvalue weighted by Gasteiger charge is -2.32.